The normalized spacial score (nSPS) is 10.3. The molecule has 1 aromatic heterocycles. The van der Waals surface area contributed by atoms with E-state index in [2.05, 4.69) is 19.3 Å². The summed E-state index contributed by atoms with van der Waals surface area (Å²) < 4.78 is 13.6. The van der Waals surface area contributed by atoms with Crippen molar-refractivity contribution in [3.63, 3.8) is 0 Å². The second-order valence-electron chi connectivity index (χ2n) is 5.92. The van der Waals surface area contributed by atoms with Crippen LogP contribution in [0.4, 0.5) is 0 Å². The quantitative estimate of drug-likeness (QED) is 0.334. The molecular formula is C20H14N2O8. The molecule has 152 valence electrons. The van der Waals surface area contributed by atoms with Gasteiger partial charge in [0, 0.05) is 11.1 Å². The molecule has 1 heterocycles. The number of rotatable bonds is 6. The smallest absolute Gasteiger partial charge is 0.337 e. The summed E-state index contributed by atoms with van der Waals surface area (Å²) in [6.07, 6.45) is 0. The van der Waals surface area contributed by atoms with E-state index < -0.39 is 34.9 Å². The third-order valence-corrected chi connectivity index (χ3v) is 4.18. The SMILES string of the molecule is COC(=O)c1ccc(C(=O)c2no[n+]([O-])c2C(=O)c2ccc(C(=O)OC)cc2)cc1. The molecule has 2 aromatic carbocycles. The van der Waals surface area contributed by atoms with Gasteiger partial charge >= 0.3 is 11.9 Å². The minimum absolute atomic E-state index is 0.0329. The zero-order chi connectivity index (χ0) is 21.8. The molecule has 0 spiro atoms. The van der Waals surface area contributed by atoms with Gasteiger partial charge in [0.15, 0.2) is 0 Å². The number of hydrogen-bond acceptors (Lipinski definition) is 9. The Morgan fingerprint density at radius 1 is 0.767 bits per heavy atom. The van der Waals surface area contributed by atoms with Crippen molar-refractivity contribution < 1.29 is 38.2 Å². The molecule has 0 saturated carbocycles. The van der Waals surface area contributed by atoms with Crippen LogP contribution in [0.15, 0.2) is 53.2 Å². The van der Waals surface area contributed by atoms with Gasteiger partial charge in [0.1, 0.15) is 0 Å². The molecule has 3 aromatic rings. The van der Waals surface area contributed by atoms with Crippen molar-refractivity contribution in [1.82, 2.24) is 5.16 Å². The van der Waals surface area contributed by atoms with E-state index in [1.54, 1.807) is 0 Å². The minimum atomic E-state index is -0.822. The van der Waals surface area contributed by atoms with Crippen LogP contribution in [0.1, 0.15) is 52.8 Å². The number of nitrogens with zero attached hydrogens (tertiary/aromatic N) is 2. The van der Waals surface area contributed by atoms with Crippen LogP contribution in [0, 0.1) is 5.21 Å². The van der Waals surface area contributed by atoms with Crippen LogP contribution < -0.4 is 4.90 Å². The number of esters is 2. The lowest BCUT2D eigenvalue weighted by Crippen LogP contribution is -2.33. The molecule has 3 rings (SSSR count). The Labute approximate surface area is 169 Å². The van der Waals surface area contributed by atoms with Crippen LogP contribution in [-0.2, 0) is 9.47 Å². The summed E-state index contributed by atoms with van der Waals surface area (Å²) in [6, 6.07) is 10.7. The molecule has 0 aliphatic rings. The second kappa shape index (κ2) is 8.35. The first-order valence-corrected chi connectivity index (χ1v) is 8.43. The Morgan fingerprint density at radius 3 is 1.60 bits per heavy atom. The highest BCUT2D eigenvalue weighted by molar-refractivity contribution is 6.17. The van der Waals surface area contributed by atoms with E-state index in [0.717, 1.165) is 0 Å². The van der Waals surface area contributed by atoms with Crippen LogP contribution in [0.2, 0.25) is 0 Å². The zero-order valence-electron chi connectivity index (χ0n) is 15.8. The molecule has 0 saturated heterocycles. The molecule has 10 nitrogen and oxygen atoms in total. The molecule has 30 heavy (non-hydrogen) atoms. The summed E-state index contributed by atoms with van der Waals surface area (Å²) in [7, 11) is 2.44. The summed E-state index contributed by atoms with van der Waals surface area (Å²) in [5.41, 5.74) is -0.565. The summed E-state index contributed by atoms with van der Waals surface area (Å²) in [4.78, 5) is 48.4. The molecule has 0 unspecified atom stereocenters. The number of carbonyl (C=O) groups excluding carboxylic acids is 4. The standard InChI is InChI=1S/C20H14N2O8/c1-28-19(25)13-7-3-11(4-8-13)17(23)15-16(22(27)30-21-15)18(24)12-5-9-14(10-6-12)20(26)29-2/h3-10H,1-2H3. The first kappa shape index (κ1) is 20.4. The van der Waals surface area contributed by atoms with Gasteiger partial charge in [-0.1, -0.05) is 24.3 Å². The molecule has 0 aliphatic carbocycles. The van der Waals surface area contributed by atoms with Crippen LogP contribution in [0.25, 0.3) is 0 Å². The average Bonchev–Trinajstić information content (AvgIpc) is 3.18. The number of carbonyl (C=O) groups is 4. The topological polar surface area (TPSA) is 140 Å². The first-order valence-electron chi connectivity index (χ1n) is 8.43. The summed E-state index contributed by atoms with van der Waals surface area (Å²) in [5.74, 6) is -2.75. The third kappa shape index (κ3) is 3.78. The Hall–Kier alpha value is -4.34. The summed E-state index contributed by atoms with van der Waals surface area (Å²) in [5, 5.41) is 15.4. The minimum Gasteiger partial charge on any atom is -0.465 e. The average molecular weight is 410 g/mol. The van der Waals surface area contributed by atoms with Crippen LogP contribution in [-0.4, -0.2) is 42.9 Å². The third-order valence-electron chi connectivity index (χ3n) is 4.18. The van der Waals surface area contributed by atoms with Crippen molar-refractivity contribution in [1.29, 1.82) is 0 Å². The van der Waals surface area contributed by atoms with Crippen molar-refractivity contribution in [2.75, 3.05) is 14.2 Å². The van der Waals surface area contributed by atoms with E-state index in [4.69, 9.17) is 0 Å². The van der Waals surface area contributed by atoms with Crippen molar-refractivity contribution >= 4 is 23.5 Å². The summed E-state index contributed by atoms with van der Waals surface area (Å²) >= 11 is 0. The highest BCUT2D eigenvalue weighted by Gasteiger charge is 2.33. The summed E-state index contributed by atoms with van der Waals surface area (Å²) in [6.45, 7) is 0. The fourth-order valence-corrected chi connectivity index (χ4v) is 2.61. The lowest BCUT2D eigenvalue weighted by molar-refractivity contribution is -0.803. The maximum atomic E-state index is 12.8. The number of ether oxygens (including phenoxy) is 2. The fourth-order valence-electron chi connectivity index (χ4n) is 2.61. The lowest BCUT2D eigenvalue weighted by atomic mass is 10.0. The van der Waals surface area contributed by atoms with Gasteiger partial charge in [0.25, 0.3) is 11.4 Å². The van der Waals surface area contributed by atoms with Gasteiger partial charge in [-0.05, 0) is 29.2 Å². The van der Waals surface area contributed by atoms with Gasteiger partial charge in [-0.2, -0.15) is 0 Å². The monoisotopic (exact) mass is 410 g/mol. The molecule has 10 heteroatoms. The van der Waals surface area contributed by atoms with Gasteiger partial charge in [-0.3, -0.25) is 14.2 Å². The number of benzene rings is 2. The second-order valence-corrected chi connectivity index (χ2v) is 5.92. The maximum absolute atomic E-state index is 12.8. The van der Waals surface area contributed by atoms with E-state index in [1.807, 2.05) is 0 Å². The van der Waals surface area contributed by atoms with Gasteiger partial charge in [-0.15, -0.1) is 0 Å². The van der Waals surface area contributed by atoms with Crippen molar-refractivity contribution in [3.05, 3.63) is 87.4 Å². The largest absolute Gasteiger partial charge is 0.465 e. The molecule has 0 amide bonds. The lowest BCUT2D eigenvalue weighted by Gasteiger charge is -2.02. The highest BCUT2D eigenvalue weighted by atomic mass is 16.8. The number of aromatic nitrogens is 2. The highest BCUT2D eigenvalue weighted by Crippen LogP contribution is 2.16. The predicted octanol–water partition coefficient (Wildman–Crippen LogP) is 1.34. The van der Waals surface area contributed by atoms with E-state index in [0.29, 0.717) is 0 Å². The van der Waals surface area contributed by atoms with E-state index in [1.165, 1.54) is 62.8 Å². The Bertz CT molecular complexity index is 1130. The number of hydrogen-bond donors (Lipinski definition) is 0. The zero-order valence-corrected chi connectivity index (χ0v) is 15.8. The van der Waals surface area contributed by atoms with Gasteiger partial charge < -0.3 is 14.7 Å². The molecular weight excluding hydrogens is 396 g/mol. The van der Waals surface area contributed by atoms with Gasteiger partial charge in [0.05, 0.1) is 30.5 Å². The van der Waals surface area contributed by atoms with Crippen LogP contribution in [0.3, 0.4) is 0 Å². The van der Waals surface area contributed by atoms with E-state index in [9.17, 15) is 24.4 Å². The molecule has 0 radical (unpaired) electrons. The Balaban J connectivity index is 1.92. The molecule has 0 atom stereocenters. The van der Waals surface area contributed by atoms with Crippen LogP contribution >= 0.6 is 0 Å². The Kier molecular flexibility index (Phi) is 5.68. The van der Waals surface area contributed by atoms with Gasteiger partial charge in [0.2, 0.25) is 11.6 Å². The van der Waals surface area contributed by atoms with Crippen LogP contribution in [0.5, 0.6) is 0 Å². The van der Waals surface area contributed by atoms with Crippen molar-refractivity contribution in [2.45, 2.75) is 0 Å². The van der Waals surface area contributed by atoms with Gasteiger partial charge in [-0.25, -0.2) is 9.59 Å². The Morgan fingerprint density at radius 2 is 1.17 bits per heavy atom. The van der Waals surface area contributed by atoms with E-state index in [-0.39, 0.29) is 27.2 Å². The molecule has 0 aliphatic heterocycles. The molecule has 0 fully saturated rings. The first-order chi connectivity index (χ1) is 14.4. The molecule has 0 bridgehead atoms. The van der Waals surface area contributed by atoms with E-state index >= 15 is 0 Å². The number of methoxy groups -OCH3 is 2. The fraction of sp³-hybridized carbons (Fsp3) is 0.100. The predicted molar refractivity (Wildman–Crippen MR) is 97.9 cm³/mol. The number of ketones is 2. The maximum Gasteiger partial charge on any atom is 0.337 e. The molecule has 0 N–H and O–H groups in total. The van der Waals surface area contributed by atoms with Crippen molar-refractivity contribution in [2.24, 2.45) is 0 Å². The van der Waals surface area contributed by atoms with Crippen molar-refractivity contribution in [3.8, 4) is 0 Å².